The summed E-state index contributed by atoms with van der Waals surface area (Å²) < 4.78 is 1.51. The van der Waals surface area contributed by atoms with Crippen LogP contribution in [0.3, 0.4) is 0 Å². The number of nitrogens with one attached hydrogen (secondary N) is 1. The number of thioether (sulfide) groups is 1. The number of aromatic hydroxyl groups is 1. The van der Waals surface area contributed by atoms with Gasteiger partial charge in [-0.3, -0.25) is 9.59 Å². The summed E-state index contributed by atoms with van der Waals surface area (Å²) in [5, 5.41) is 26.0. The van der Waals surface area contributed by atoms with Crippen LogP contribution in [0, 0.1) is 5.92 Å². The second-order valence-electron chi connectivity index (χ2n) is 6.10. The molecule has 1 aliphatic rings. The normalized spacial score (nSPS) is 14.9. The van der Waals surface area contributed by atoms with Crippen molar-refractivity contribution in [3.05, 3.63) is 18.0 Å². The van der Waals surface area contributed by atoms with Gasteiger partial charge in [0, 0.05) is 6.07 Å². The molecule has 1 amide bonds. The Morgan fingerprint density at radius 3 is 2.84 bits per heavy atom. The molecule has 0 atom stereocenters. The molecular formula is C16H20N4O4S. The lowest BCUT2D eigenvalue weighted by atomic mass is 10.1. The molecule has 0 unspecified atom stereocenters. The number of hydrogen-bond acceptors (Lipinski definition) is 6. The Balaban J connectivity index is 1.77. The standard InChI is InChI=1S/C16H20N4O4S/c21-11-7-12(25-6-5-10-3-1-2-4-10)20-15(18-9-19-20)14(11)16(24)17-8-13(22)23/h7,9-10,21H,1-6,8H2,(H,17,24)(H,22,23). The SMILES string of the molecule is O=C(O)CNC(=O)c1c(O)cc(SCCC2CCCC2)n2ncnc12. The van der Waals surface area contributed by atoms with E-state index in [-0.39, 0.29) is 17.0 Å². The van der Waals surface area contributed by atoms with Crippen molar-refractivity contribution in [1.29, 1.82) is 0 Å². The summed E-state index contributed by atoms with van der Waals surface area (Å²) in [6.45, 7) is -0.531. The Hall–Kier alpha value is -2.29. The van der Waals surface area contributed by atoms with Gasteiger partial charge in [0.1, 0.15) is 29.2 Å². The number of carboxylic acids is 1. The number of pyridine rings is 1. The molecule has 134 valence electrons. The van der Waals surface area contributed by atoms with Crippen molar-refractivity contribution in [2.75, 3.05) is 12.3 Å². The van der Waals surface area contributed by atoms with Gasteiger partial charge >= 0.3 is 5.97 Å². The van der Waals surface area contributed by atoms with E-state index in [2.05, 4.69) is 15.4 Å². The molecule has 0 spiro atoms. The number of fused-ring (bicyclic) bond motifs is 1. The fraction of sp³-hybridized carbons (Fsp3) is 0.500. The van der Waals surface area contributed by atoms with Gasteiger partial charge in [0.05, 0.1) is 0 Å². The Labute approximate surface area is 148 Å². The first kappa shape index (κ1) is 17.5. The predicted octanol–water partition coefficient (Wildman–Crippen LogP) is 1.92. The fourth-order valence-electron chi connectivity index (χ4n) is 3.13. The molecule has 2 heterocycles. The quantitative estimate of drug-likeness (QED) is 0.643. The van der Waals surface area contributed by atoms with Gasteiger partial charge in [-0.2, -0.15) is 5.10 Å². The minimum Gasteiger partial charge on any atom is -0.507 e. The molecule has 0 aliphatic heterocycles. The van der Waals surface area contributed by atoms with Crippen molar-refractivity contribution < 1.29 is 19.8 Å². The number of aromatic nitrogens is 3. The second-order valence-corrected chi connectivity index (χ2v) is 7.22. The van der Waals surface area contributed by atoms with Crippen LogP contribution in [0.5, 0.6) is 5.75 Å². The third-order valence-corrected chi connectivity index (χ3v) is 5.40. The highest BCUT2D eigenvalue weighted by Gasteiger charge is 2.21. The van der Waals surface area contributed by atoms with Gasteiger partial charge in [0.15, 0.2) is 5.65 Å². The molecule has 3 N–H and O–H groups in total. The molecule has 8 nitrogen and oxygen atoms in total. The van der Waals surface area contributed by atoms with E-state index >= 15 is 0 Å². The summed E-state index contributed by atoms with van der Waals surface area (Å²) >= 11 is 1.57. The molecule has 0 radical (unpaired) electrons. The number of rotatable bonds is 7. The lowest BCUT2D eigenvalue weighted by molar-refractivity contribution is -0.135. The van der Waals surface area contributed by atoms with Crippen LogP contribution in [0.25, 0.3) is 5.65 Å². The topological polar surface area (TPSA) is 117 Å². The van der Waals surface area contributed by atoms with Crippen molar-refractivity contribution in [2.24, 2.45) is 5.92 Å². The van der Waals surface area contributed by atoms with Crippen LogP contribution in [0.1, 0.15) is 42.5 Å². The molecule has 3 rings (SSSR count). The zero-order chi connectivity index (χ0) is 17.8. The van der Waals surface area contributed by atoms with Crippen LogP contribution < -0.4 is 5.32 Å². The summed E-state index contributed by atoms with van der Waals surface area (Å²) in [4.78, 5) is 26.8. The third kappa shape index (κ3) is 4.04. The van der Waals surface area contributed by atoms with Gasteiger partial charge in [-0.1, -0.05) is 25.7 Å². The highest BCUT2D eigenvalue weighted by atomic mass is 32.2. The fourth-order valence-corrected chi connectivity index (χ4v) is 4.24. The van der Waals surface area contributed by atoms with E-state index in [0.717, 1.165) is 18.1 Å². The Kier molecular flexibility index (Phi) is 5.42. The molecule has 2 aromatic heterocycles. The maximum Gasteiger partial charge on any atom is 0.322 e. The molecule has 1 fully saturated rings. The molecule has 0 saturated heterocycles. The summed E-state index contributed by atoms with van der Waals surface area (Å²) in [6, 6.07) is 1.48. The van der Waals surface area contributed by atoms with Crippen LogP contribution in [-0.2, 0) is 4.79 Å². The maximum atomic E-state index is 12.2. The first-order valence-corrected chi connectivity index (χ1v) is 9.23. The average Bonchev–Trinajstić information content (AvgIpc) is 3.24. The van der Waals surface area contributed by atoms with Crippen molar-refractivity contribution in [3.63, 3.8) is 0 Å². The van der Waals surface area contributed by atoms with E-state index in [9.17, 15) is 14.7 Å². The molecule has 2 aromatic rings. The lowest BCUT2D eigenvalue weighted by Crippen LogP contribution is -2.29. The Morgan fingerprint density at radius 2 is 2.12 bits per heavy atom. The van der Waals surface area contributed by atoms with Crippen LogP contribution >= 0.6 is 11.8 Å². The minimum atomic E-state index is -1.16. The molecule has 0 bridgehead atoms. The van der Waals surface area contributed by atoms with Gasteiger partial charge in [-0.05, 0) is 18.1 Å². The summed E-state index contributed by atoms with van der Waals surface area (Å²) in [6.07, 6.45) is 7.61. The summed E-state index contributed by atoms with van der Waals surface area (Å²) in [5.74, 6) is -0.408. The van der Waals surface area contributed by atoms with E-state index in [1.165, 1.54) is 42.6 Å². The molecular weight excluding hydrogens is 344 g/mol. The van der Waals surface area contributed by atoms with Gasteiger partial charge in [-0.25, -0.2) is 9.50 Å². The third-order valence-electron chi connectivity index (χ3n) is 4.37. The molecule has 1 saturated carbocycles. The summed E-state index contributed by atoms with van der Waals surface area (Å²) in [7, 11) is 0. The smallest absolute Gasteiger partial charge is 0.322 e. The minimum absolute atomic E-state index is 0.0705. The van der Waals surface area contributed by atoms with Crippen LogP contribution in [0.2, 0.25) is 0 Å². The van der Waals surface area contributed by atoms with Gasteiger partial charge in [0.25, 0.3) is 5.91 Å². The summed E-state index contributed by atoms with van der Waals surface area (Å²) in [5.41, 5.74) is 0.144. The van der Waals surface area contributed by atoms with Crippen LogP contribution in [0.4, 0.5) is 0 Å². The monoisotopic (exact) mass is 364 g/mol. The number of hydrogen-bond donors (Lipinski definition) is 3. The van der Waals surface area contributed by atoms with Gasteiger partial charge in [0.2, 0.25) is 0 Å². The van der Waals surface area contributed by atoms with Crippen LogP contribution in [0.15, 0.2) is 17.4 Å². The van der Waals surface area contributed by atoms with Gasteiger partial charge in [-0.15, -0.1) is 11.8 Å². The lowest BCUT2D eigenvalue weighted by Gasteiger charge is -2.11. The van der Waals surface area contributed by atoms with Gasteiger partial charge < -0.3 is 15.5 Å². The zero-order valence-electron chi connectivity index (χ0n) is 13.6. The highest BCUT2D eigenvalue weighted by Crippen LogP contribution is 2.32. The number of carbonyl (C=O) groups excluding carboxylic acids is 1. The van der Waals surface area contributed by atoms with E-state index in [1.807, 2.05) is 0 Å². The highest BCUT2D eigenvalue weighted by molar-refractivity contribution is 7.99. The molecule has 9 heteroatoms. The predicted molar refractivity (Wildman–Crippen MR) is 91.9 cm³/mol. The molecule has 0 aromatic carbocycles. The number of amides is 1. The van der Waals surface area contributed by atoms with Crippen LogP contribution in [-0.4, -0.2) is 49.0 Å². The maximum absolute atomic E-state index is 12.2. The van der Waals surface area contributed by atoms with E-state index in [4.69, 9.17) is 5.11 Å². The number of aliphatic carboxylic acids is 1. The van der Waals surface area contributed by atoms with Crippen molar-refractivity contribution in [3.8, 4) is 5.75 Å². The first-order valence-electron chi connectivity index (χ1n) is 8.24. The Morgan fingerprint density at radius 1 is 1.36 bits per heavy atom. The average molecular weight is 364 g/mol. The number of carbonyl (C=O) groups is 2. The van der Waals surface area contributed by atoms with E-state index < -0.39 is 18.4 Å². The number of nitrogens with zero attached hydrogens (tertiary/aromatic N) is 3. The largest absolute Gasteiger partial charge is 0.507 e. The van der Waals surface area contributed by atoms with E-state index in [0.29, 0.717) is 5.03 Å². The van der Waals surface area contributed by atoms with E-state index in [1.54, 1.807) is 11.8 Å². The zero-order valence-corrected chi connectivity index (χ0v) is 14.5. The second kappa shape index (κ2) is 7.73. The molecule has 25 heavy (non-hydrogen) atoms. The number of carboxylic acid groups (broad SMARTS) is 1. The Bertz CT molecular complexity index is 786. The molecule has 1 aliphatic carbocycles. The van der Waals surface area contributed by atoms with Crippen molar-refractivity contribution in [2.45, 2.75) is 37.1 Å². The van der Waals surface area contributed by atoms with Crippen molar-refractivity contribution in [1.82, 2.24) is 19.9 Å². The van der Waals surface area contributed by atoms with Crippen molar-refractivity contribution >= 4 is 29.3 Å². The first-order chi connectivity index (χ1) is 12.1.